The second-order valence-electron chi connectivity index (χ2n) is 10.1. The number of carbonyl (C=O) groups excluding carboxylic acids is 2. The summed E-state index contributed by atoms with van der Waals surface area (Å²) >= 11 is 0. The molecule has 8 heteroatoms. The summed E-state index contributed by atoms with van der Waals surface area (Å²) in [6.45, 7) is 11.8. The zero-order valence-corrected chi connectivity index (χ0v) is 19.3. The van der Waals surface area contributed by atoms with Gasteiger partial charge in [0.05, 0.1) is 12.3 Å². The number of hydrogen-bond acceptors (Lipinski definition) is 6. The van der Waals surface area contributed by atoms with Crippen molar-refractivity contribution in [2.45, 2.75) is 72.0 Å². The van der Waals surface area contributed by atoms with Crippen molar-refractivity contribution in [2.24, 2.45) is 11.8 Å². The molecule has 0 aromatic carbocycles. The number of ether oxygens (including phenoxy) is 2. The molecule has 2 heterocycles. The van der Waals surface area contributed by atoms with Crippen molar-refractivity contribution in [3.63, 3.8) is 0 Å². The lowest BCUT2D eigenvalue weighted by molar-refractivity contribution is -0.162. The molecule has 172 valence electrons. The molecule has 0 aliphatic carbocycles. The van der Waals surface area contributed by atoms with E-state index in [0.717, 1.165) is 5.56 Å². The number of carboxylic acids is 1. The summed E-state index contributed by atoms with van der Waals surface area (Å²) < 4.78 is 11.1. The van der Waals surface area contributed by atoms with Crippen LogP contribution in [0.5, 0.6) is 0 Å². The van der Waals surface area contributed by atoms with Crippen LogP contribution in [0, 0.1) is 11.8 Å². The highest BCUT2D eigenvalue weighted by molar-refractivity contribution is 5.74. The molecule has 1 aromatic rings. The maximum Gasteiger partial charge on any atom is 0.410 e. The Kier molecular flexibility index (Phi) is 7.68. The van der Waals surface area contributed by atoms with Gasteiger partial charge in [-0.2, -0.15) is 0 Å². The van der Waals surface area contributed by atoms with Crippen LogP contribution in [-0.4, -0.2) is 57.3 Å². The molecule has 8 nitrogen and oxygen atoms in total. The predicted octanol–water partition coefficient (Wildman–Crippen LogP) is 3.47. The summed E-state index contributed by atoms with van der Waals surface area (Å²) in [6.07, 6.45) is 3.66. The lowest BCUT2D eigenvalue weighted by atomic mass is 9.86. The van der Waals surface area contributed by atoms with Crippen LogP contribution in [0.1, 0.15) is 59.1 Å². The van der Waals surface area contributed by atoms with E-state index in [1.165, 1.54) is 6.20 Å². The first-order valence-electron chi connectivity index (χ1n) is 10.6. The van der Waals surface area contributed by atoms with E-state index in [0.29, 0.717) is 31.5 Å². The van der Waals surface area contributed by atoms with Gasteiger partial charge in [0.15, 0.2) is 0 Å². The Balaban J connectivity index is 2.19. The van der Waals surface area contributed by atoms with Gasteiger partial charge in [-0.25, -0.2) is 4.79 Å². The predicted molar refractivity (Wildman–Crippen MR) is 115 cm³/mol. The second kappa shape index (κ2) is 9.66. The van der Waals surface area contributed by atoms with E-state index in [1.807, 2.05) is 41.5 Å². The number of pyridine rings is 1. The van der Waals surface area contributed by atoms with Gasteiger partial charge in [-0.3, -0.25) is 14.6 Å². The third-order valence-electron chi connectivity index (χ3n) is 4.82. The van der Waals surface area contributed by atoms with Crippen LogP contribution >= 0.6 is 0 Å². The van der Waals surface area contributed by atoms with E-state index in [-0.39, 0.29) is 24.4 Å². The largest absolute Gasteiger partial charge is 0.481 e. The number of carboxylic acid groups (broad SMARTS) is 1. The van der Waals surface area contributed by atoms with Gasteiger partial charge in [-0.15, -0.1) is 0 Å². The van der Waals surface area contributed by atoms with Crippen LogP contribution < -0.4 is 0 Å². The number of likely N-dealkylation sites (tertiary alicyclic amines) is 1. The Bertz CT molecular complexity index is 809. The van der Waals surface area contributed by atoms with Gasteiger partial charge in [0.25, 0.3) is 0 Å². The molecule has 0 bridgehead atoms. The number of nitrogens with zero attached hydrogens (tertiary/aromatic N) is 2. The van der Waals surface area contributed by atoms with Gasteiger partial charge in [0, 0.05) is 25.5 Å². The SMILES string of the molecule is CC(C)(C)OC(=O)[C@@H](Cc1cncc(CC(=O)O)c1)[C@H]1CCN(C(=O)OC(C)(C)C)C1. The third-order valence-corrected chi connectivity index (χ3v) is 4.82. The standard InChI is InChI=1S/C23H34N2O6/c1-22(2,3)30-20(28)18(10-15-9-16(11-19(26)27)13-24-12-15)17-7-8-25(14-17)21(29)31-23(4,5)6/h9,12-13,17-18H,7-8,10-11,14H2,1-6H3,(H,26,27)/t17-,18-/m0/s1. The summed E-state index contributed by atoms with van der Waals surface area (Å²) in [6, 6.07) is 1.76. The van der Waals surface area contributed by atoms with Crippen LogP contribution in [0.4, 0.5) is 4.79 Å². The number of carbonyl (C=O) groups is 3. The summed E-state index contributed by atoms with van der Waals surface area (Å²) in [7, 11) is 0. The fraction of sp³-hybridized carbons (Fsp3) is 0.652. The highest BCUT2D eigenvalue weighted by Crippen LogP contribution is 2.30. The van der Waals surface area contributed by atoms with E-state index in [9.17, 15) is 14.4 Å². The van der Waals surface area contributed by atoms with Gasteiger partial charge < -0.3 is 19.5 Å². The number of aliphatic carboxylic acids is 1. The van der Waals surface area contributed by atoms with E-state index in [2.05, 4.69) is 4.98 Å². The normalized spacial score (nSPS) is 17.9. The molecule has 2 atom stereocenters. The molecule has 1 amide bonds. The molecule has 0 unspecified atom stereocenters. The summed E-state index contributed by atoms with van der Waals surface area (Å²) in [5.41, 5.74) is 0.123. The Hall–Kier alpha value is -2.64. The summed E-state index contributed by atoms with van der Waals surface area (Å²) in [5.74, 6) is -1.84. The molecule has 2 rings (SSSR count). The maximum absolute atomic E-state index is 13.0. The molecular weight excluding hydrogens is 400 g/mol. The third kappa shape index (κ3) is 8.19. The number of rotatable bonds is 6. The molecule has 1 aliphatic rings. The average molecular weight is 435 g/mol. The Morgan fingerprint density at radius 2 is 1.71 bits per heavy atom. The van der Waals surface area contributed by atoms with Crippen molar-refractivity contribution < 1.29 is 29.0 Å². The Morgan fingerprint density at radius 1 is 1.10 bits per heavy atom. The highest BCUT2D eigenvalue weighted by Gasteiger charge is 2.39. The van der Waals surface area contributed by atoms with E-state index in [4.69, 9.17) is 14.6 Å². The Morgan fingerprint density at radius 3 is 2.29 bits per heavy atom. The van der Waals surface area contributed by atoms with Crippen LogP contribution in [0.15, 0.2) is 18.5 Å². The number of aromatic nitrogens is 1. The van der Waals surface area contributed by atoms with Crippen molar-refractivity contribution in [3.05, 3.63) is 29.6 Å². The van der Waals surface area contributed by atoms with Gasteiger partial charge in [-0.05, 0) is 71.4 Å². The first-order valence-corrected chi connectivity index (χ1v) is 10.6. The highest BCUT2D eigenvalue weighted by atomic mass is 16.6. The first kappa shape index (κ1) is 24.6. The lowest BCUT2D eigenvalue weighted by Gasteiger charge is -2.28. The average Bonchev–Trinajstić information content (AvgIpc) is 3.06. The maximum atomic E-state index is 13.0. The fourth-order valence-corrected chi connectivity index (χ4v) is 3.61. The number of hydrogen-bond donors (Lipinski definition) is 1. The Labute approximate surface area is 183 Å². The monoisotopic (exact) mass is 434 g/mol. The van der Waals surface area contributed by atoms with Crippen molar-refractivity contribution in [2.75, 3.05) is 13.1 Å². The second-order valence-corrected chi connectivity index (χ2v) is 10.1. The molecule has 0 saturated carbocycles. The van der Waals surface area contributed by atoms with Crippen LogP contribution in [0.25, 0.3) is 0 Å². The molecule has 0 radical (unpaired) electrons. The lowest BCUT2D eigenvalue weighted by Crippen LogP contribution is -2.38. The molecule has 31 heavy (non-hydrogen) atoms. The van der Waals surface area contributed by atoms with Crippen LogP contribution in [0.3, 0.4) is 0 Å². The van der Waals surface area contributed by atoms with Gasteiger partial charge in [0.1, 0.15) is 11.2 Å². The topological polar surface area (TPSA) is 106 Å². The van der Waals surface area contributed by atoms with Crippen molar-refractivity contribution in [1.82, 2.24) is 9.88 Å². The number of esters is 1. The van der Waals surface area contributed by atoms with Gasteiger partial charge >= 0.3 is 18.0 Å². The summed E-state index contributed by atoms with van der Waals surface area (Å²) in [5, 5.41) is 9.04. The fourth-order valence-electron chi connectivity index (χ4n) is 3.61. The molecule has 1 saturated heterocycles. The minimum Gasteiger partial charge on any atom is -0.481 e. The molecule has 1 aromatic heterocycles. The smallest absolute Gasteiger partial charge is 0.410 e. The van der Waals surface area contributed by atoms with E-state index in [1.54, 1.807) is 17.2 Å². The summed E-state index contributed by atoms with van der Waals surface area (Å²) in [4.78, 5) is 42.3. The first-order chi connectivity index (χ1) is 14.2. The van der Waals surface area contributed by atoms with Gasteiger partial charge in [-0.1, -0.05) is 6.07 Å². The van der Waals surface area contributed by atoms with Crippen LogP contribution in [0.2, 0.25) is 0 Å². The quantitative estimate of drug-likeness (QED) is 0.683. The minimum atomic E-state index is -0.938. The van der Waals surface area contributed by atoms with Gasteiger partial charge in [0.2, 0.25) is 0 Å². The van der Waals surface area contributed by atoms with Crippen molar-refractivity contribution in [3.8, 4) is 0 Å². The number of amides is 1. The minimum absolute atomic E-state index is 0.0921. The van der Waals surface area contributed by atoms with E-state index >= 15 is 0 Å². The molecular formula is C23H34N2O6. The molecule has 1 N–H and O–H groups in total. The van der Waals surface area contributed by atoms with Crippen LogP contribution in [-0.2, 0) is 31.9 Å². The molecule has 0 spiro atoms. The van der Waals surface area contributed by atoms with Crippen molar-refractivity contribution in [1.29, 1.82) is 0 Å². The molecule has 1 aliphatic heterocycles. The molecule has 1 fully saturated rings. The zero-order chi connectivity index (χ0) is 23.4. The van der Waals surface area contributed by atoms with Crippen molar-refractivity contribution >= 4 is 18.0 Å². The zero-order valence-electron chi connectivity index (χ0n) is 19.3. The van der Waals surface area contributed by atoms with E-state index < -0.39 is 23.1 Å².